The maximum Gasteiger partial charge on any atom is 0.328 e. The zero-order valence-corrected chi connectivity index (χ0v) is 12.0. The van der Waals surface area contributed by atoms with Gasteiger partial charge in [0.2, 0.25) is 5.28 Å². The molecular weight excluding hydrogens is 290 g/mol. The lowest BCUT2D eigenvalue weighted by Crippen LogP contribution is -2.05. The smallest absolute Gasteiger partial charge is 0.328 e. The predicted octanol–water partition coefficient (Wildman–Crippen LogP) is 3.07. The minimum atomic E-state index is 0.0551. The monoisotopic (exact) mass is 301 g/mol. The third-order valence-corrected chi connectivity index (χ3v) is 3.01. The highest BCUT2D eigenvalue weighted by molar-refractivity contribution is 6.28. The normalized spacial score (nSPS) is 10.6. The van der Waals surface area contributed by atoms with Crippen molar-refractivity contribution >= 4 is 11.6 Å². The quantitative estimate of drug-likeness (QED) is 0.741. The molecule has 21 heavy (non-hydrogen) atoms. The Kier molecular flexibility index (Phi) is 3.79. The van der Waals surface area contributed by atoms with Crippen molar-refractivity contribution in [2.75, 3.05) is 0 Å². The first-order valence-electron chi connectivity index (χ1n) is 6.43. The Balaban J connectivity index is 1.96. The van der Waals surface area contributed by atoms with Crippen molar-refractivity contribution in [2.45, 2.75) is 13.3 Å². The fourth-order valence-corrected chi connectivity index (χ4v) is 2.00. The second-order valence-corrected chi connectivity index (χ2v) is 4.54. The van der Waals surface area contributed by atoms with E-state index in [-0.39, 0.29) is 11.3 Å². The molecule has 0 aliphatic heterocycles. The van der Waals surface area contributed by atoms with Crippen LogP contribution in [0.15, 0.2) is 42.7 Å². The summed E-state index contributed by atoms with van der Waals surface area (Å²) >= 11 is 5.92. The molecule has 0 aliphatic rings. The van der Waals surface area contributed by atoms with Gasteiger partial charge in [-0.15, -0.1) is 0 Å². The first-order valence-corrected chi connectivity index (χ1v) is 6.81. The molecule has 0 N–H and O–H groups in total. The minimum absolute atomic E-state index is 0.0551. The van der Waals surface area contributed by atoms with Crippen LogP contribution in [0.3, 0.4) is 0 Å². The fourth-order valence-electron chi connectivity index (χ4n) is 1.85. The van der Waals surface area contributed by atoms with Gasteiger partial charge in [-0.2, -0.15) is 20.1 Å². The summed E-state index contributed by atoms with van der Waals surface area (Å²) < 4.78 is 7.22. The minimum Gasteiger partial charge on any atom is -0.424 e. The van der Waals surface area contributed by atoms with Crippen LogP contribution in [-0.2, 0) is 6.42 Å². The fraction of sp³-hybridized carbons (Fsp3) is 0.143. The summed E-state index contributed by atoms with van der Waals surface area (Å²) in [6.45, 7) is 2.05. The Bertz CT molecular complexity index is 745. The molecule has 3 rings (SSSR count). The molecule has 106 valence electrons. The lowest BCUT2D eigenvalue weighted by molar-refractivity contribution is 0.432. The van der Waals surface area contributed by atoms with Crippen molar-refractivity contribution in [1.82, 2.24) is 24.7 Å². The maximum absolute atomic E-state index is 5.92. The van der Waals surface area contributed by atoms with Crippen LogP contribution in [0.1, 0.15) is 12.5 Å². The Morgan fingerprint density at radius 1 is 1.14 bits per heavy atom. The average Bonchev–Trinajstić information content (AvgIpc) is 3.01. The Morgan fingerprint density at radius 2 is 2.00 bits per heavy atom. The molecule has 0 saturated heterocycles. The van der Waals surface area contributed by atoms with Gasteiger partial charge in [-0.3, -0.25) is 0 Å². The van der Waals surface area contributed by atoms with Crippen molar-refractivity contribution in [2.24, 2.45) is 0 Å². The molecule has 6 nitrogen and oxygen atoms in total. The molecule has 0 bridgehead atoms. The van der Waals surface area contributed by atoms with Gasteiger partial charge in [-0.05, 0) is 35.7 Å². The van der Waals surface area contributed by atoms with Gasteiger partial charge < -0.3 is 4.74 Å². The van der Waals surface area contributed by atoms with Gasteiger partial charge in [-0.1, -0.05) is 25.1 Å². The summed E-state index contributed by atoms with van der Waals surface area (Å²) in [7, 11) is 0. The molecule has 0 unspecified atom stereocenters. The van der Waals surface area contributed by atoms with E-state index in [1.165, 1.54) is 4.68 Å². The van der Waals surface area contributed by atoms with Crippen molar-refractivity contribution in [3.63, 3.8) is 0 Å². The molecule has 7 heteroatoms. The lowest BCUT2D eigenvalue weighted by Gasteiger charge is -2.09. The van der Waals surface area contributed by atoms with E-state index in [0.717, 1.165) is 12.0 Å². The molecule has 0 amide bonds. The molecular formula is C14H12ClN5O. The lowest BCUT2D eigenvalue weighted by atomic mass is 10.1. The molecule has 1 aromatic carbocycles. The molecule has 3 aromatic rings. The first-order chi connectivity index (χ1) is 10.3. The largest absolute Gasteiger partial charge is 0.424 e. The predicted molar refractivity (Wildman–Crippen MR) is 77.9 cm³/mol. The van der Waals surface area contributed by atoms with E-state index in [9.17, 15) is 0 Å². The third kappa shape index (κ3) is 3.00. The van der Waals surface area contributed by atoms with Gasteiger partial charge in [0.15, 0.2) is 0 Å². The van der Waals surface area contributed by atoms with E-state index < -0.39 is 0 Å². The molecule has 0 aliphatic carbocycles. The Hall–Kier alpha value is -2.47. The second-order valence-electron chi connectivity index (χ2n) is 4.20. The van der Waals surface area contributed by atoms with Gasteiger partial charge in [0, 0.05) is 12.4 Å². The zero-order valence-electron chi connectivity index (χ0n) is 11.3. The number of benzene rings is 1. The number of nitrogens with zero attached hydrogens (tertiary/aromatic N) is 5. The first kappa shape index (κ1) is 13.5. The maximum atomic E-state index is 5.92. The topological polar surface area (TPSA) is 65.7 Å². The van der Waals surface area contributed by atoms with Crippen LogP contribution < -0.4 is 4.74 Å². The van der Waals surface area contributed by atoms with E-state index >= 15 is 0 Å². The number of hydrogen-bond donors (Lipinski definition) is 0. The van der Waals surface area contributed by atoms with Gasteiger partial charge in [0.25, 0.3) is 5.95 Å². The zero-order chi connectivity index (χ0) is 14.7. The number of ether oxygens (including phenoxy) is 1. The van der Waals surface area contributed by atoms with Crippen LogP contribution in [0.4, 0.5) is 0 Å². The van der Waals surface area contributed by atoms with Crippen molar-refractivity contribution < 1.29 is 4.74 Å². The Morgan fingerprint density at radius 3 is 2.76 bits per heavy atom. The van der Waals surface area contributed by atoms with Crippen LogP contribution >= 0.6 is 11.6 Å². The SMILES string of the molecule is CCc1ccccc1Oc1nc(Cl)nc(-n2cccn2)n1. The van der Waals surface area contributed by atoms with Gasteiger partial charge in [0.05, 0.1) is 0 Å². The summed E-state index contributed by atoms with van der Waals surface area (Å²) in [5.74, 6) is 1.01. The van der Waals surface area contributed by atoms with Crippen LogP contribution in [0, 0.1) is 0 Å². The van der Waals surface area contributed by atoms with Gasteiger partial charge >= 0.3 is 6.01 Å². The third-order valence-electron chi connectivity index (χ3n) is 2.84. The Labute approximate surface area is 126 Å². The van der Waals surface area contributed by atoms with Gasteiger partial charge in [0.1, 0.15) is 5.75 Å². The van der Waals surface area contributed by atoms with Crippen LogP contribution in [-0.4, -0.2) is 24.7 Å². The van der Waals surface area contributed by atoms with E-state index in [0.29, 0.717) is 11.7 Å². The molecule has 2 aromatic heterocycles. The van der Waals surface area contributed by atoms with Crippen molar-refractivity contribution in [3.05, 3.63) is 53.6 Å². The standard InChI is InChI=1S/C14H12ClN5O/c1-2-10-6-3-4-7-11(10)21-14-18-12(15)17-13(19-14)20-9-5-8-16-20/h3-9H,2H2,1H3. The molecule has 0 radical (unpaired) electrons. The molecule has 0 spiro atoms. The number of aryl methyl sites for hydroxylation is 1. The summed E-state index contributed by atoms with van der Waals surface area (Å²) in [5, 5.41) is 4.11. The van der Waals surface area contributed by atoms with E-state index in [1.54, 1.807) is 18.5 Å². The number of rotatable bonds is 4. The summed E-state index contributed by atoms with van der Waals surface area (Å²) in [4.78, 5) is 12.2. The molecule has 0 fully saturated rings. The highest BCUT2D eigenvalue weighted by atomic mass is 35.5. The number of aromatic nitrogens is 5. The summed E-state index contributed by atoms with van der Waals surface area (Å²) in [6, 6.07) is 9.62. The second kappa shape index (κ2) is 5.88. The van der Waals surface area contributed by atoms with E-state index in [2.05, 4.69) is 27.0 Å². The molecule has 0 saturated carbocycles. The van der Waals surface area contributed by atoms with Crippen molar-refractivity contribution in [1.29, 1.82) is 0 Å². The summed E-state index contributed by atoms with van der Waals surface area (Å²) in [5.41, 5.74) is 1.06. The number of halogens is 1. The number of para-hydroxylation sites is 1. The highest BCUT2D eigenvalue weighted by Gasteiger charge is 2.10. The molecule has 0 atom stereocenters. The van der Waals surface area contributed by atoms with Crippen LogP contribution in [0.5, 0.6) is 11.8 Å². The number of hydrogen-bond acceptors (Lipinski definition) is 5. The highest BCUT2D eigenvalue weighted by Crippen LogP contribution is 2.24. The van der Waals surface area contributed by atoms with Crippen LogP contribution in [0.25, 0.3) is 5.95 Å². The average molecular weight is 302 g/mol. The van der Waals surface area contributed by atoms with E-state index in [4.69, 9.17) is 16.3 Å². The summed E-state index contributed by atoms with van der Waals surface area (Å²) in [6.07, 6.45) is 4.20. The van der Waals surface area contributed by atoms with E-state index in [1.807, 2.05) is 24.3 Å². The van der Waals surface area contributed by atoms with Crippen LogP contribution in [0.2, 0.25) is 5.28 Å². The van der Waals surface area contributed by atoms with Crippen molar-refractivity contribution in [3.8, 4) is 17.7 Å². The van der Waals surface area contributed by atoms with Gasteiger partial charge in [-0.25, -0.2) is 4.68 Å². The molecule has 2 heterocycles.